The quantitative estimate of drug-likeness (QED) is 0.909. The van der Waals surface area contributed by atoms with Gasteiger partial charge in [-0.15, -0.1) is 5.10 Å². The van der Waals surface area contributed by atoms with E-state index in [2.05, 4.69) is 20.5 Å². The van der Waals surface area contributed by atoms with Crippen molar-refractivity contribution in [3.05, 3.63) is 39.9 Å². The lowest BCUT2D eigenvalue weighted by Gasteiger charge is -2.04. The molecule has 0 aliphatic rings. The number of benzene rings is 1. The highest BCUT2D eigenvalue weighted by atomic mass is 35.5. The molecule has 5 nitrogen and oxygen atoms in total. The number of halogens is 2. The van der Waals surface area contributed by atoms with Crippen LogP contribution in [0.15, 0.2) is 18.2 Å². The molecule has 0 spiro atoms. The van der Waals surface area contributed by atoms with E-state index >= 15 is 0 Å². The molecule has 0 unspecified atom stereocenters. The van der Waals surface area contributed by atoms with E-state index in [1.165, 1.54) is 0 Å². The van der Waals surface area contributed by atoms with Gasteiger partial charge in [0.25, 0.3) is 5.91 Å². The summed E-state index contributed by atoms with van der Waals surface area (Å²) < 4.78 is 0. The average Bonchev–Trinajstić information content (AvgIpc) is 2.82. The number of hydrogen-bond donors (Lipinski definition) is 2. The van der Waals surface area contributed by atoms with Crippen LogP contribution in [0.1, 0.15) is 29.8 Å². The molecule has 1 aromatic carbocycles. The van der Waals surface area contributed by atoms with Gasteiger partial charge in [0, 0.05) is 11.4 Å². The van der Waals surface area contributed by atoms with Gasteiger partial charge >= 0.3 is 0 Å². The standard InChI is InChI=1S/C12H12Cl2N4O/c1-2-3-10-16-11(18-17-10)12(19)15-9-5-4-7(13)6-8(9)14/h4-6H,2-3H2,1H3,(H,15,19)(H,16,17,18). The van der Waals surface area contributed by atoms with Crippen molar-refractivity contribution in [2.24, 2.45) is 0 Å². The van der Waals surface area contributed by atoms with Gasteiger partial charge in [0.2, 0.25) is 5.82 Å². The summed E-state index contributed by atoms with van der Waals surface area (Å²) in [4.78, 5) is 16.0. The minimum absolute atomic E-state index is 0.0921. The van der Waals surface area contributed by atoms with Gasteiger partial charge in [-0.2, -0.15) is 0 Å². The van der Waals surface area contributed by atoms with Crippen LogP contribution in [0.25, 0.3) is 0 Å². The van der Waals surface area contributed by atoms with Gasteiger partial charge in [-0.1, -0.05) is 30.1 Å². The Labute approximate surface area is 120 Å². The van der Waals surface area contributed by atoms with Gasteiger partial charge < -0.3 is 5.32 Å². The van der Waals surface area contributed by atoms with E-state index < -0.39 is 5.91 Å². The van der Waals surface area contributed by atoms with E-state index in [9.17, 15) is 4.79 Å². The number of anilines is 1. The van der Waals surface area contributed by atoms with Crippen molar-refractivity contribution in [2.45, 2.75) is 19.8 Å². The number of aryl methyl sites for hydroxylation is 1. The van der Waals surface area contributed by atoms with Crippen LogP contribution in [-0.4, -0.2) is 21.1 Å². The average molecular weight is 299 g/mol. The Kier molecular flexibility index (Phi) is 4.39. The fourth-order valence-electron chi connectivity index (χ4n) is 1.51. The van der Waals surface area contributed by atoms with E-state index in [1.54, 1.807) is 18.2 Å². The molecule has 1 heterocycles. The van der Waals surface area contributed by atoms with Gasteiger partial charge in [0.15, 0.2) is 0 Å². The third-order valence-electron chi connectivity index (χ3n) is 2.40. The van der Waals surface area contributed by atoms with E-state index in [0.29, 0.717) is 21.6 Å². The largest absolute Gasteiger partial charge is 0.318 e. The van der Waals surface area contributed by atoms with Gasteiger partial charge in [0.1, 0.15) is 5.82 Å². The van der Waals surface area contributed by atoms with Crippen molar-refractivity contribution in [1.29, 1.82) is 0 Å². The number of H-pyrrole nitrogens is 1. The lowest BCUT2D eigenvalue weighted by atomic mass is 10.3. The molecule has 0 saturated heterocycles. The van der Waals surface area contributed by atoms with Crippen LogP contribution in [0.2, 0.25) is 10.0 Å². The SMILES string of the molecule is CCCc1nc(C(=O)Nc2ccc(Cl)cc2Cl)n[nH]1. The summed E-state index contributed by atoms with van der Waals surface area (Å²) in [5, 5.41) is 10.1. The van der Waals surface area contributed by atoms with Crippen molar-refractivity contribution in [1.82, 2.24) is 15.2 Å². The zero-order valence-electron chi connectivity index (χ0n) is 10.2. The third kappa shape index (κ3) is 3.45. The lowest BCUT2D eigenvalue weighted by Crippen LogP contribution is -2.14. The summed E-state index contributed by atoms with van der Waals surface area (Å²) in [6.07, 6.45) is 1.68. The predicted molar refractivity (Wildman–Crippen MR) is 74.8 cm³/mol. The van der Waals surface area contributed by atoms with E-state index in [0.717, 1.165) is 12.8 Å². The molecule has 0 bridgehead atoms. The molecule has 19 heavy (non-hydrogen) atoms. The van der Waals surface area contributed by atoms with Crippen LogP contribution in [0.3, 0.4) is 0 Å². The van der Waals surface area contributed by atoms with Gasteiger partial charge in [-0.3, -0.25) is 9.89 Å². The molecule has 2 aromatic rings. The maximum Gasteiger partial charge on any atom is 0.295 e. The number of aromatic amines is 1. The van der Waals surface area contributed by atoms with Crippen molar-refractivity contribution >= 4 is 34.8 Å². The number of amides is 1. The molecule has 7 heteroatoms. The van der Waals surface area contributed by atoms with Crippen molar-refractivity contribution in [3.8, 4) is 0 Å². The summed E-state index contributed by atoms with van der Waals surface area (Å²) in [6.45, 7) is 2.02. The fraction of sp³-hybridized carbons (Fsp3) is 0.250. The zero-order chi connectivity index (χ0) is 13.8. The Morgan fingerprint density at radius 1 is 1.42 bits per heavy atom. The van der Waals surface area contributed by atoms with Crippen LogP contribution in [0, 0.1) is 0 Å². The molecule has 0 aliphatic heterocycles. The molecule has 0 radical (unpaired) electrons. The number of hydrogen-bond acceptors (Lipinski definition) is 3. The van der Waals surface area contributed by atoms with Crippen LogP contribution in [0.4, 0.5) is 5.69 Å². The second-order valence-electron chi connectivity index (χ2n) is 3.93. The summed E-state index contributed by atoms with van der Waals surface area (Å²) in [7, 11) is 0. The Bertz CT molecular complexity index is 597. The first-order valence-corrected chi connectivity index (χ1v) is 6.53. The second kappa shape index (κ2) is 6.04. The normalized spacial score (nSPS) is 10.5. The molecule has 1 amide bonds. The first kappa shape index (κ1) is 13.8. The van der Waals surface area contributed by atoms with Crippen molar-refractivity contribution in [3.63, 3.8) is 0 Å². The fourth-order valence-corrected chi connectivity index (χ4v) is 1.97. The minimum atomic E-state index is -0.414. The number of rotatable bonds is 4. The minimum Gasteiger partial charge on any atom is -0.318 e. The van der Waals surface area contributed by atoms with Crippen LogP contribution < -0.4 is 5.32 Å². The highest BCUT2D eigenvalue weighted by Crippen LogP contribution is 2.25. The molecular weight excluding hydrogens is 287 g/mol. The Morgan fingerprint density at radius 2 is 2.21 bits per heavy atom. The van der Waals surface area contributed by atoms with E-state index in [-0.39, 0.29) is 5.82 Å². The topological polar surface area (TPSA) is 70.7 Å². The first-order chi connectivity index (χ1) is 9.10. The first-order valence-electron chi connectivity index (χ1n) is 5.78. The van der Waals surface area contributed by atoms with E-state index in [4.69, 9.17) is 23.2 Å². The molecule has 0 aliphatic carbocycles. The van der Waals surface area contributed by atoms with E-state index in [1.807, 2.05) is 6.92 Å². The highest BCUT2D eigenvalue weighted by Gasteiger charge is 2.13. The maximum atomic E-state index is 11.9. The number of carbonyl (C=O) groups is 1. The summed E-state index contributed by atoms with van der Waals surface area (Å²) >= 11 is 11.7. The zero-order valence-corrected chi connectivity index (χ0v) is 11.7. The smallest absolute Gasteiger partial charge is 0.295 e. The van der Waals surface area contributed by atoms with Crippen LogP contribution in [0.5, 0.6) is 0 Å². The molecule has 1 aromatic heterocycles. The molecule has 0 saturated carbocycles. The Morgan fingerprint density at radius 3 is 2.89 bits per heavy atom. The summed E-state index contributed by atoms with van der Waals surface area (Å²) in [5.74, 6) is 0.368. The Balaban J connectivity index is 2.11. The van der Waals surface area contributed by atoms with Crippen molar-refractivity contribution < 1.29 is 4.79 Å². The lowest BCUT2D eigenvalue weighted by molar-refractivity contribution is 0.101. The van der Waals surface area contributed by atoms with Crippen LogP contribution >= 0.6 is 23.2 Å². The third-order valence-corrected chi connectivity index (χ3v) is 2.95. The second-order valence-corrected chi connectivity index (χ2v) is 4.78. The molecular formula is C12H12Cl2N4O. The molecule has 0 fully saturated rings. The van der Waals surface area contributed by atoms with Gasteiger partial charge in [-0.05, 0) is 24.6 Å². The summed E-state index contributed by atoms with van der Waals surface area (Å²) in [6, 6.07) is 4.82. The predicted octanol–water partition coefficient (Wildman–Crippen LogP) is 3.32. The van der Waals surface area contributed by atoms with Crippen molar-refractivity contribution in [2.75, 3.05) is 5.32 Å². The number of nitrogens with one attached hydrogen (secondary N) is 2. The Hall–Kier alpha value is -1.59. The number of aromatic nitrogens is 3. The number of carbonyl (C=O) groups excluding carboxylic acids is 1. The maximum absolute atomic E-state index is 11.9. The summed E-state index contributed by atoms with van der Waals surface area (Å²) in [5.41, 5.74) is 0.470. The van der Waals surface area contributed by atoms with Gasteiger partial charge in [0.05, 0.1) is 10.7 Å². The molecule has 100 valence electrons. The molecule has 2 N–H and O–H groups in total. The monoisotopic (exact) mass is 298 g/mol. The molecule has 0 atom stereocenters. The molecule has 2 rings (SSSR count). The highest BCUT2D eigenvalue weighted by molar-refractivity contribution is 6.36. The number of nitrogens with zero attached hydrogens (tertiary/aromatic N) is 2. The van der Waals surface area contributed by atoms with Crippen LogP contribution in [-0.2, 0) is 6.42 Å². The van der Waals surface area contributed by atoms with Gasteiger partial charge in [-0.25, -0.2) is 4.98 Å².